The highest BCUT2D eigenvalue weighted by Gasteiger charge is 2.33. The van der Waals surface area contributed by atoms with Crippen molar-refractivity contribution in [1.29, 1.82) is 0 Å². The first-order valence-electron chi connectivity index (χ1n) is 7.70. The molecule has 3 rings (SSSR count). The molecular weight excluding hydrogens is 288 g/mol. The van der Waals surface area contributed by atoms with E-state index in [1.807, 2.05) is 0 Å². The summed E-state index contributed by atoms with van der Waals surface area (Å²) < 4.78 is 5.74. The van der Waals surface area contributed by atoms with Crippen molar-refractivity contribution >= 4 is 22.4 Å². The Labute approximate surface area is 128 Å². The molecule has 1 aliphatic carbocycles. The first kappa shape index (κ1) is 14.8. The SMILES string of the molecule is CCC1COC(C)CN1c1nc2c(s1)CCCC2C(=O)O. The second kappa shape index (κ2) is 5.93. The second-order valence-corrected chi connectivity index (χ2v) is 7.01. The zero-order valence-corrected chi connectivity index (χ0v) is 13.4. The fourth-order valence-corrected chi connectivity index (χ4v) is 4.43. The normalized spacial score (nSPS) is 29.2. The summed E-state index contributed by atoms with van der Waals surface area (Å²) in [5.74, 6) is -1.16. The standard InChI is InChI=1S/C15H22N2O3S/c1-3-10-8-20-9(2)7-17(10)15-16-13-11(14(18)19)5-4-6-12(13)21-15/h9-11H,3-8H2,1-2H3,(H,18,19). The Hall–Kier alpha value is -1.14. The molecule has 2 aliphatic rings. The van der Waals surface area contributed by atoms with Gasteiger partial charge in [-0.3, -0.25) is 4.79 Å². The summed E-state index contributed by atoms with van der Waals surface area (Å²) in [6.45, 7) is 5.80. The number of carboxylic acid groups (broad SMARTS) is 1. The fourth-order valence-electron chi connectivity index (χ4n) is 3.19. The van der Waals surface area contributed by atoms with Gasteiger partial charge < -0.3 is 14.7 Å². The number of carboxylic acids is 1. The van der Waals surface area contributed by atoms with Gasteiger partial charge in [0.05, 0.1) is 24.4 Å². The van der Waals surface area contributed by atoms with Crippen LogP contribution in [-0.2, 0) is 16.0 Å². The van der Waals surface area contributed by atoms with Gasteiger partial charge in [0.2, 0.25) is 0 Å². The van der Waals surface area contributed by atoms with Gasteiger partial charge in [-0.05, 0) is 32.6 Å². The van der Waals surface area contributed by atoms with Crippen LogP contribution in [0.15, 0.2) is 0 Å². The number of thiazole rings is 1. The van der Waals surface area contributed by atoms with Crippen molar-refractivity contribution in [2.24, 2.45) is 0 Å². The van der Waals surface area contributed by atoms with Crippen LogP contribution in [0, 0.1) is 0 Å². The maximum atomic E-state index is 11.4. The third-order valence-corrected chi connectivity index (χ3v) is 5.59. The van der Waals surface area contributed by atoms with Crippen LogP contribution in [0.4, 0.5) is 5.13 Å². The minimum Gasteiger partial charge on any atom is -0.481 e. The Morgan fingerprint density at radius 3 is 3.10 bits per heavy atom. The summed E-state index contributed by atoms with van der Waals surface area (Å²) in [6, 6.07) is 0.345. The maximum Gasteiger partial charge on any atom is 0.312 e. The zero-order chi connectivity index (χ0) is 15.0. The highest BCUT2D eigenvalue weighted by atomic mass is 32.1. The lowest BCUT2D eigenvalue weighted by Crippen LogP contribution is -2.48. The van der Waals surface area contributed by atoms with Crippen LogP contribution in [0.5, 0.6) is 0 Å². The molecule has 0 spiro atoms. The summed E-state index contributed by atoms with van der Waals surface area (Å²) in [6.07, 6.45) is 3.83. The van der Waals surface area contributed by atoms with Crippen LogP contribution < -0.4 is 4.90 Å². The van der Waals surface area contributed by atoms with Crippen molar-refractivity contribution in [2.45, 2.75) is 57.6 Å². The van der Waals surface area contributed by atoms with E-state index in [9.17, 15) is 9.90 Å². The molecule has 0 bridgehead atoms. The average molecular weight is 310 g/mol. The van der Waals surface area contributed by atoms with E-state index in [1.54, 1.807) is 11.3 Å². The number of carbonyl (C=O) groups is 1. The number of aromatic nitrogens is 1. The van der Waals surface area contributed by atoms with E-state index < -0.39 is 11.9 Å². The van der Waals surface area contributed by atoms with Crippen LogP contribution in [0.25, 0.3) is 0 Å². The number of ether oxygens (including phenoxy) is 1. The number of nitrogens with zero attached hydrogens (tertiary/aromatic N) is 2. The molecule has 0 saturated carbocycles. The minimum absolute atomic E-state index is 0.198. The predicted octanol–water partition coefficient (Wildman–Crippen LogP) is 2.65. The number of aryl methyl sites for hydroxylation is 1. The van der Waals surface area contributed by atoms with E-state index in [0.29, 0.717) is 12.5 Å². The van der Waals surface area contributed by atoms with E-state index in [2.05, 4.69) is 18.7 Å². The van der Waals surface area contributed by atoms with Gasteiger partial charge in [-0.25, -0.2) is 4.98 Å². The summed E-state index contributed by atoms with van der Waals surface area (Å²) >= 11 is 1.68. The monoisotopic (exact) mass is 310 g/mol. The van der Waals surface area contributed by atoms with Crippen molar-refractivity contribution in [3.8, 4) is 0 Å². The predicted molar refractivity (Wildman–Crippen MR) is 82.3 cm³/mol. The van der Waals surface area contributed by atoms with Gasteiger partial charge in [-0.15, -0.1) is 11.3 Å². The van der Waals surface area contributed by atoms with Crippen LogP contribution in [-0.4, -0.2) is 41.4 Å². The lowest BCUT2D eigenvalue weighted by atomic mass is 9.91. The van der Waals surface area contributed by atoms with Crippen LogP contribution in [0.3, 0.4) is 0 Å². The van der Waals surface area contributed by atoms with E-state index in [1.165, 1.54) is 0 Å². The van der Waals surface area contributed by atoms with Crippen molar-refractivity contribution in [3.63, 3.8) is 0 Å². The number of hydrogen-bond acceptors (Lipinski definition) is 5. The molecule has 21 heavy (non-hydrogen) atoms. The topological polar surface area (TPSA) is 62.7 Å². The van der Waals surface area contributed by atoms with Crippen molar-refractivity contribution in [3.05, 3.63) is 10.6 Å². The lowest BCUT2D eigenvalue weighted by molar-refractivity contribution is -0.139. The van der Waals surface area contributed by atoms with Crippen LogP contribution >= 0.6 is 11.3 Å². The van der Waals surface area contributed by atoms with Gasteiger partial charge in [-0.2, -0.15) is 0 Å². The first-order chi connectivity index (χ1) is 10.1. The highest BCUT2D eigenvalue weighted by Crippen LogP contribution is 2.39. The largest absolute Gasteiger partial charge is 0.481 e. The fraction of sp³-hybridized carbons (Fsp3) is 0.733. The molecule has 2 heterocycles. The van der Waals surface area contributed by atoms with Gasteiger partial charge >= 0.3 is 5.97 Å². The van der Waals surface area contributed by atoms with Gasteiger partial charge in [0.15, 0.2) is 5.13 Å². The Bertz CT molecular complexity index is 531. The van der Waals surface area contributed by atoms with E-state index in [0.717, 1.165) is 48.1 Å². The molecule has 3 atom stereocenters. The molecular formula is C15H22N2O3S. The molecule has 0 amide bonds. The molecule has 3 unspecified atom stereocenters. The van der Waals surface area contributed by atoms with Gasteiger partial charge in [0.25, 0.3) is 0 Å². The molecule has 1 N–H and O–H groups in total. The van der Waals surface area contributed by atoms with Gasteiger partial charge in [-0.1, -0.05) is 6.92 Å². The Balaban J connectivity index is 1.90. The molecule has 116 valence electrons. The molecule has 1 fully saturated rings. The van der Waals surface area contributed by atoms with E-state index in [4.69, 9.17) is 9.72 Å². The van der Waals surface area contributed by atoms with Gasteiger partial charge in [0.1, 0.15) is 5.92 Å². The number of morpholine rings is 1. The van der Waals surface area contributed by atoms with Crippen molar-refractivity contribution < 1.29 is 14.6 Å². The summed E-state index contributed by atoms with van der Waals surface area (Å²) in [5, 5.41) is 10.4. The molecule has 0 radical (unpaired) electrons. The number of aliphatic carboxylic acids is 1. The van der Waals surface area contributed by atoms with E-state index >= 15 is 0 Å². The number of rotatable bonds is 3. The quantitative estimate of drug-likeness (QED) is 0.930. The van der Waals surface area contributed by atoms with E-state index in [-0.39, 0.29) is 6.10 Å². The molecule has 1 aliphatic heterocycles. The molecule has 0 aromatic carbocycles. The first-order valence-corrected chi connectivity index (χ1v) is 8.52. The molecule has 1 saturated heterocycles. The molecule has 1 aromatic heterocycles. The van der Waals surface area contributed by atoms with Crippen molar-refractivity contribution in [1.82, 2.24) is 4.98 Å². The van der Waals surface area contributed by atoms with Crippen molar-refractivity contribution in [2.75, 3.05) is 18.1 Å². The number of hydrogen-bond donors (Lipinski definition) is 1. The molecule has 1 aromatic rings. The Morgan fingerprint density at radius 1 is 1.57 bits per heavy atom. The summed E-state index contributed by atoms with van der Waals surface area (Å²) in [4.78, 5) is 19.6. The summed E-state index contributed by atoms with van der Waals surface area (Å²) in [7, 11) is 0. The Morgan fingerprint density at radius 2 is 2.38 bits per heavy atom. The van der Waals surface area contributed by atoms with Gasteiger partial charge in [0, 0.05) is 11.4 Å². The summed E-state index contributed by atoms with van der Waals surface area (Å²) in [5.41, 5.74) is 0.808. The third-order valence-electron chi connectivity index (χ3n) is 4.43. The van der Waals surface area contributed by atoms with Crippen LogP contribution in [0.2, 0.25) is 0 Å². The molecule has 5 nitrogen and oxygen atoms in total. The lowest BCUT2D eigenvalue weighted by Gasteiger charge is -2.38. The third kappa shape index (κ3) is 2.79. The zero-order valence-electron chi connectivity index (χ0n) is 12.5. The minimum atomic E-state index is -0.741. The highest BCUT2D eigenvalue weighted by molar-refractivity contribution is 7.15. The molecule has 6 heteroatoms. The smallest absolute Gasteiger partial charge is 0.312 e. The van der Waals surface area contributed by atoms with Crippen LogP contribution in [0.1, 0.15) is 49.6 Å². The average Bonchev–Trinajstić information content (AvgIpc) is 2.90. The maximum absolute atomic E-state index is 11.4. The number of anilines is 1. The number of fused-ring (bicyclic) bond motifs is 1. The Kier molecular flexibility index (Phi) is 4.17. The second-order valence-electron chi connectivity index (χ2n) is 5.95.